The molecule has 0 aliphatic carbocycles. The molecule has 0 N–H and O–H groups in total. The number of aromatic nitrogens is 1. The van der Waals surface area contributed by atoms with E-state index in [1.807, 2.05) is 0 Å². The van der Waals surface area contributed by atoms with Gasteiger partial charge < -0.3 is 4.57 Å². The first-order chi connectivity index (χ1) is 9.04. The van der Waals surface area contributed by atoms with Crippen molar-refractivity contribution in [1.82, 2.24) is 4.57 Å². The molecule has 0 aliphatic rings. The molecule has 1 aromatic heterocycles. The molecular weight excluding hydrogens is 250 g/mol. The summed E-state index contributed by atoms with van der Waals surface area (Å²) in [7, 11) is 0. The molecular formula is C14H10F2N2O. The van der Waals surface area contributed by atoms with E-state index in [1.165, 1.54) is 42.6 Å². The smallest absolute Gasteiger partial charge is 0.290 e. The molecule has 1 heterocycles. The van der Waals surface area contributed by atoms with Crippen molar-refractivity contribution in [2.24, 2.45) is 0 Å². The number of rotatable bonds is 3. The SMILES string of the molecule is N#Cc1cccn(CC(F)(F)c2ccccc2)c1=O. The summed E-state index contributed by atoms with van der Waals surface area (Å²) in [5, 5.41) is 8.71. The van der Waals surface area contributed by atoms with Crippen LogP contribution in [0.15, 0.2) is 53.5 Å². The molecule has 0 bridgehead atoms. The van der Waals surface area contributed by atoms with Crippen LogP contribution in [-0.2, 0) is 12.5 Å². The Labute approximate surface area is 108 Å². The maximum absolute atomic E-state index is 14.0. The minimum absolute atomic E-state index is 0.147. The van der Waals surface area contributed by atoms with Crippen molar-refractivity contribution in [3.8, 4) is 6.07 Å². The molecule has 1 aromatic carbocycles. The van der Waals surface area contributed by atoms with E-state index in [4.69, 9.17) is 5.26 Å². The second-order valence-corrected chi connectivity index (χ2v) is 4.04. The summed E-state index contributed by atoms with van der Waals surface area (Å²) in [6.07, 6.45) is 1.25. The molecule has 96 valence electrons. The van der Waals surface area contributed by atoms with Crippen molar-refractivity contribution in [3.05, 3.63) is 70.1 Å². The standard InChI is InChI=1S/C14H10F2N2O/c15-14(16,12-6-2-1-3-7-12)10-18-8-4-5-11(9-17)13(18)19/h1-8H,10H2. The van der Waals surface area contributed by atoms with Crippen molar-refractivity contribution >= 4 is 0 Å². The zero-order valence-corrected chi connectivity index (χ0v) is 9.88. The van der Waals surface area contributed by atoms with Crippen LogP contribution >= 0.6 is 0 Å². The van der Waals surface area contributed by atoms with Gasteiger partial charge in [0.2, 0.25) is 0 Å². The number of benzene rings is 1. The first-order valence-corrected chi connectivity index (χ1v) is 5.57. The lowest BCUT2D eigenvalue weighted by atomic mass is 10.1. The summed E-state index contributed by atoms with van der Waals surface area (Å²) < 4.78 is 28.9. The highest BCUT2D eigenvalue weighted by Crippen LogP contribution is 2.29. The van der Waals surface area contributed by atoms with Gasteiger partial charge in [-0.05, 0) is 12.1 Å². The Morgan fingerprint density at radius 3 is 2.47 bits per heavy atom. The number of pyridine rings is 1. The number of nitriles is 1. The fourth-order valence-corrected chi connectivity index (χ4v) is 1.73. The van der Waals surface area contributed by atoms with Gasteiger partial charge in [-0.15, -0.1) is 0 Å². The van der Waals surface area contributed by atoms with Crippen LogP contribution in [0.4, 0.5) is 8.78 Å². The summed E-state index contributed by atoms with van der Waals surface area (Å²) in [6.45, 7) is -0.786. The lowest BCUT2D eigenvalue weighted by molar-refractivity contribution is -0.0231. The Kier molecular flexibility index (Phi) is 3.43. The summed E-state index contributed by atoms with van der Waals surface area (Å²) in [5.74, 6) is -3.17. The van der Waals surface area contributed by atoms with Crippen LogP contribution in [0.2, 0.25) is 0 Å². The van der Waals surface area contributed by atoms with E-state index in [0.717, 1.165) is 4.57 Å². The number of hydrogen-bond acceptors (Lipinski definition) is 2. The number of halogens is 2. The molecule has 2 aromatic rings. The number of hydrogen-bond donors (Lipinski definition) is 0. The van der Waals surface area contributed by atoms with Gasteiger partial charge in [0.15, 0.2) is 0 Å². The Balaban J connectivity index is 2.37. The van der Waals surface area contributed by atoms with E-state index < -0.39 is 18.0 Å². The number of alkyl halides is 2. The van der Waals surface area contributed by atoms with Gasteiger partial charge in [0.1, 0.15) is 11.6 Å². The first-order valence-electron chi connectivity index (χ1n) is 5.57. The van der Waals surface area contributed by atoms with Crippen LogP contribution < -0.4 is 5.56 Å². The minimum atomic E-state index is -3.17. The Hall–Kier alpha value is -2.48. The summed E-state index contributed by atoms with van der Waals surface area (Å²) in [4.78, 5) is 11.7. The van der Waals surface area contributed by atoms with Crippen LogP contribution in [0.5, 0.6) is 0 Å². The van der Waals surface area contributed by atoms with Crippen LogP contribution in [0.3, 0.4) is 0 Å². The lowest BCUT2D eigenvalue weighted by Gasteiger charge is -2.18. The topological polar surface area (TPSA) is 45.8 Å². The molecule has 0 fully saturated rings. The van der Waals surface area contributed by atoms with Crippen LogP contribution in [0.1, 0.15) is 11.1 Å². The van der Waals surface area contributed by atoms with Gasteiger partial charge in [0.05, 0.1) is 6.54 Å². The molecule has 0 aliphatic heterocycles. The zero-order valence-electron chi connectivity index (χ0n) is 9.88. The highest BCUT2D eigenvalue weighted by molar-refractivity contribution is 5.25. The van der Waals surface area contributed by atoms with Crippen molar-refractivity contribution < 1.29 is 8.78 Å². The predicted octanol–water partition coefficient (Wildman–Crippen LogP) is 2.51. The predicted molar refractivity (Wildman–Crippen MR) is 65.8 cm³/mol. The van der Waals surface area contributed by atoms with Gasteiger partial charge in [-0.2, -0.15) is 14.0 Å². The molecule has 0 unspecified atom stereocenters. The summed E-state index contributed by atoms with van der Waals surface area (Å²) in [6, 6.07) is 11.7. The van der Waals surface area contributed by atoms with Gasteiger partial charge in [0.25, 0.3) is 11.5 Å². The van der Waals surface area contributed by atoms with Crippen molar-refractivity contribution in [2.75, 3.05) is 0 Å². The quantitative estimate of drug-likeness (QED) is 0.851. The average Bonchev–Trinajstić information content (AvgIpc) is 2.42. The normalized spacial score (nSPS) is 11.0. The molecule has 0 amide bonds. The molecule has 0 saturated heterocycles. The molecule has 0 saturated carbocycles. The fraction of sp³-hybridized carbons (Fsp3) is 0.143. The van der Waals surface area contributed by atoms with Gasteiger partial charge >= 0.3 is 0 Å². The Bertz CT molecular complexity index is 672. The monoisotopic (exact) mass is 260 g/mol. The van der Waals surface area contributed by atoms with E-state index in [-0.39, 0.29) is 11.1 Å². The minimum Gasteiger partial charge on any atom is -0.308 e. The van der Waals surface area contributed by atoms with Crippen molar-refractivity contribution in [3.63, 3.8) is 0 Å². The van der Waals surface area contributed by atoms with Crippen molar-refractivity contribution in [2.45, 2.75) is 12.5 Å². The van der Waals surface area contributed by atoms with Crippen LogP contribution in [-0.4, -0.2) is 4.57 Å². The third-order valence-electron chi connectivity index (χ3n) is 2.71. The molecule has 0 radical (unpaired) electrons. The van der Waals surface area contributed by atoms with Gasteiger partial charge in [-0.1, -0.05) is 30.3 Å². The zero-order chi connectivity index (χ0) is 13.9. The largest absolute Gasteiger partial charge is 0.308 e. The van der Waals surface area contributed by atoms with E-state index in [0.29, 0.717) is 0 Å². The highest BCUT2D eigenvalue weighted by Gasteiger charge is 2.32. The summed E-state index contributed by atoms with van der Waals surface area (Å²) in [5.41, 5.74) is -1.02. The van der Waals surface area contributed by atoms with E-state index >= 15 is 0 Å². The van der Waals surface area contributed by atoms with Crippen LogP contribution in [0.25, 0.3) is 0 Å². The molecule has 5 heteroatoms. The van der Waals surface area contributed by atoms with Gasteiger partial charge in [-0.25, -0.2) is 0 Å². The molecule has 0 atom stereocenters. The van der Waals surface area contributed by atoms with E-state index in [2.05, 4.69) is 0 Å². The Morgan fingerprint density at radius 1 is 1.16 bits per heavy atom. The Morgan fingerprint density at radius 2 is 1.84 bits per heavy atom. The van der Waals surface area contributed by atoms with Gasteiger partial charge in [0, 0.05) is 11.8 Å². The lowest BCUT2D eigenvalue weighted by Crippen LogP contribution is -2.30. The second-order valence-electron chi connectivity index (χ2n) is 4.04. The fourth-order valence-electron chi connectivity index (χ4n) is 1.73. The third-order valence-corrected chi connectivity index (χ3v) is 2.71. The average molecular weight is 260 g/mol. The summed E-state index contributed by atoms with van der Waals surface area (Å²) >= 11 is 0. The molecule has 3 nitrogen and oxygen atoms in total. The van der Waals surface area contributed by atoms with Gasteiger partial charge in [-0.3, -0.25) is 4.79 Å². The second kappa shape index (κ2) is 5.02. The van der Waals surface area contributed by atoms with E-state index in [9.17, 15) is 13.6 Å². The number of nitrogens with zero attached hydrogens (tertiary/aromatic N) is 2. The molecule has 2 rings (SSSR count). The maximum Gasteiger partial charge on any atom is 0.290 e. The van der Waals surface area contributed by atoms with Crippen molar-refractivity contribution in [1.29, 1.82) is 5.26 Å². The molecule has 0 spiro atoms. The highest BCUT2D eigenvalue weighted by atomic mass is 19.3. The first kappa shape index (κ1) is 13.0. The third kappa shape index (κ3) is 2.68. The molecule has 19 heavy (non-hydrogen) atoms. The maximum atomic E-state index is 14.0. The van der Waals surface area contributed by atoms with E-state index in [1.54, 1.807) is 12.1 Å². The van der Waals surface area contributed by atoms with Crippen LogP contribution in [0, 0.1) is 11.3 Å².